The average Bonchev–Trinajstić information content (AvgIpc) is 3.21. The van der Waals surface area contributed by atoms with Gasteiger partial charge in [-0.3, -0.25) is 19.5 Å². The van der Waals surface area contributed by atoms with Gasteiger partial charge in [0.1, 0.15) is 11.5 Å². The highest BCUT2D eigenvalue weighted by atomic mass is 32.2. The molecule has 1 heterocycles. The quantitative estimate of drug-likeness (QED) is 0.430. The van der Waals surface area contributed by atoms with Gasteiger partial charge in [0.05, 0.1) is 31.0 Å². The summed E-state index contributed by atoms with van der Waals surface area (Å²) in [5, 5.41) is 3.07. The summed E-state index contributed by atoms with van der Waals surface area (Å²) >= 11 is 1.27. The van der Waals surface area contributed by atoms with Gasteiger partial charge in [0, 0.05) is 11.3 Å². The molecule has 0 bridgehead atoms. The Labute approximate surface area is 189 Å². The van der Waals surface area contributed by atoms with E-state index >= 15 is 0 Å². The molecule has 3 aromatic carbocycles. The van der Waals surface area contributed by atoms with E-state index in [-0.39, 0.29) is 5.75 Å². The number of carbonyl (C=O) groups excluding carboxylic acids is 2. The molecule has 7 nitrogen and oxygen atoms in total. The van der Waals surface area contributed by atoms with Crippen LogP contribution >= 0.6 is 11.8 Å². The van der Waals surface area contributed by atoms with Crippen molar-refractivity contribution >= 4 is 34.6 Å². The van der Waals surface area contributed by atoms with Gasteiger partial charge in [0.15, 0.2) is 5.16 Å². The number of nitrogens with one attached hydrogen (secondary N) is 1. The Balaban J connectivity index is 1.51. The summed E-state index contributed by atoms with van der Waals surface area (Å²) in [5.74, 6) is 0.581. The number of carbonyl (C=O) groups is 2. The summed E-state index contributed by atoms with van der Waals surface area (Å²) in [6.07, 6.45) is 0. The van der Waals surface area contributed by atoms with E-state index in [0.717, 1.165) is 22.5 Å². The largest absolute Gasteiger partial charge is 0.497 e. The van der Waals surface area contributed by atoms with E-state index in [4.69, 9.17) is 9.47 Å². The molecule has 0 saturated heterocycles. The number of hydrogen-bond donors (Lipinski definition) is 1. The molecule has 0 aliphatic rings. The molecule has 0 saturated carbocycles. The summed E-state index contributed by atoms with van der Waals surface area (Å²) in [6, 6.07) is 21.9. The van der Waals surface area contributed by atoms with E-state index in [1.165, 1.54) is 11.8 Å². The molecule has 4 rings (SSSR count). The van der Waals surface area contributed by atoms with Crippen LogP contribution in [0.4, 0.5) is 0 Å². The first kappa shape index (κ1) is 21.5. The predicted molar refractivity (Wildman–Crippen MR) is 124 cm³/mol. The fourth-order valence-electron chi connectivity index (χ4n) is 3.19. The monoisotopic (exact) mass is 447 g/mol. The van der Waals surface area contributed by atoms with Crippen LogP contribution in [-0.4, -0.2) is 41.3 Å². The number of nitrogens with zero attached hydrogens (tertiary/aromatic N) is 2. The number of methoxy groups -OCH3 is 2. The van der Waals surface area contributed by atoms with E-state index in [2.05, 4.69) is 10.3 Å². The smallest absolute Gasteiger partial charge is 0.257 e. The van der Waals surface area contributed by atoms with Crippen molar-refractivity contribution in [3.63, 3.8) is 0 Å². The molecule has 4 aromatic rings. The number of rotatable bonds is 7. The Morgan fingerprint density at radius 3 is 2.19 bits per heavy atom. The second kappa shape index (κ2) is 9.57. The average molecular weight is 448 g/mol. The van der Waals surface area contributed by atoms with Crippen LogP contribution in [0.1, 0.15) is 10.4 Å². The molecule has 8 heteroatoms. The Bertz CT molecular complexity index is 1250. The van der Waals surface area contributed by atoms with E-state index in [1.54, 1.807) is 38.5 Å². The molecule has 0 unspecified atom stereocenters. The van der Waals surface area contributed by atoms with Gasteiger partial charge in [-0.1, -0.05) is 23.9 Å². The van der Waals surface area contributed by atoms with Crippen molar-refractivity contribution in [3.05, 3.63) is 78.4 Å². The lowest BCUT2D eigenvalue weighted by atomic mass is 10.2. The molecule has 162 valence electrons. The molecule has 32 heavy (non-hydrogen) atoms. The second-order valence-electron chi connectivity index (χ2n) is 6.81. The van der Waals surface area contributed by atoms with Crippen molar-refractivity contribution < 1.29 is 19.1 Å². The molecule has 0 fully saturated rings. The molecule has 1 aromatic heterocycles. The maximum Gasteiger partial charge on any atom is 0.257 e. The predicted octanol–water partition coefficient (Wildman–Crippen LogP) is 4.09. The highest BCUT2D eigenvalue weighted by molar-refractivity contribution is 7.99. The highest BCUT2D eigenvalue weighted by Gasteiger charge is 2.16. The maximum atomic E-state index is 12.4. The number of imidazole rings is 1. The number of fused-ring (bicyclic) bond motifs is 1. The number of hydrogen-bond acceptors (Lipinski definition) is 6. The molecule has 0 aliphatic heterocycles. The van der Waals surface area contributed by atoms with E-state index in [1.807, 2.05) is 53.1 Å². The van der Waals surface area contributed by atoms with Crippen LogP contribution in [0.15, 0.2) is 78.0 Å². The van der Waals surface area contributed by atoms with Gasteiger partial charge < -0.3 is 9.47 Å². The first-order valence-corrected chi connectivity index (χ1v) is 10.8. The number of para-hydroxylation sites is 2. The third kappa shape index (κ3) is 4.60. The van der Waals surface area contributed by atoms with Gasteiger partial charge in [0.2, 0.25) is 5.91 Å². The fourth-order valence-corrected chi connectivity index (χ4v) is 4.02. The molecule has 0 spiro atoms. The van der Waals surface area contributed by atoms with E-state index in [0.29, 0.717) is 16.5 Å². The number of imide groups is 1. The van der Waals surface area contributed by atoms with Crippen LogP contribution in [0.25, 0.3) is 16.7 Å². The van der Waals surface area contributed by atoms with Crippen LogP contribution in [0.3, 0.4) is 0 Å². The summed E-state index contributed by atoms with van der Waals surface area (Å²) in [7, 11) is 3.17. The van der Waals surface area contributed by atoms with Crippen LogP contribution < -0.4 is 14.8 Å². The van der Waals surface area contributed by atoms with Crippen molar-refractivity contribution in [3.8, 4) is 17.2 Å². The van der Waals surface area contributed by atoms with Gasteiger partial charge in [-0.2, -0.15) is 0 Å². The van der Waals surface area contributed by atoms with Gasteiger partial charge in [-0.05, 0) is 60.7 Å². The normalized spacial score (nSPS) is 10.7. The van der Waals surface area contributed by atoms with Crippen molar-refractivity contribution in [1.29, 1.82) is 0 Å². The lowest BCUT2D eigenvalue weighted by molar-refractivity contribution is -0.117. The maximum absolute atomic E-state index is 12.4. The number of ether oxygens (including phenoxy) is 2. The zero-order valence-electron chi connectivity index (χ0n) is 17.6. The second-order valence-corrected chi connectivity index (χ2v) is 7.75. The summed E-state index contributed by atoms with van der Waals surface area (Å²) in [6.45, 7) is 0. The first-order chi connectivity index (χ1) is 15.6. The zero-order chi connectivity index (χ0) is 22.5. The Morgan fingerprint density at radius 2 is 1.53 bits per heavy atom. The van der Waals surface area contributed by atoms with Crippen molar-refractivity contribution in [2.24, 2.45) is 0 Å². The Morgan fingerprint density at radius 1 is 0.906 bits per heavy atom. The zero-order valence-corrected chi connectivity index (χ0v) is 18.4. The number of benzene rings is 3. The Hall–Kier alpha value is -3.78. The molecular formula is C24H21N3O4S. The third-order valence-electron chi connectivity index (χ3n) is 4.80. The summed E-state index contributed by atoms with van der Waals surface area (Å²) in [5.41, 5.74) is 3.03. The van der Waals surface area contributed by atoms with E-state index < -0.39 is 11.8 Å². The van der Waals surface area contributed by atoms with Crippen LogP contribution in [0.2, 0.25) is 0 Å². The minimum absolute atomic E-state index is 0.0430. The van der Waals surface area contributed by atoms with Gasteiger partial charge in [-0.25, -0.2) is 4.98 Å². The highest BCUT2D eigenvalue weighted by Crippen LogP contribution is 2.28. The minimum atomic E-state index is -0.457. The lowest BCUT2D eigenvalue weighted by Gasteiger charge is -2.10. The molecule has 0 radical (unpaired) electrons. The van der Waals surface area contributed by atoms with Crippen LogP contribution in [-0.2, 0) is 4.79 Å². The standard InChI is InChI=1S/C24H21N3O4S/c1-30-18-11-7-16(8-12-18)23(29)26-22(28)15-32-24-25-20-5-3-4-6-21(20)27(24)17-9-13-19(31-2)14-10-17/h3-14H,15H2,1-2H3,(H,26,28,29). The first-order valence-electron chi connectivity index (χ1n) is 9.82. The van der Waals surface area contributed by atoms with E-state index in [9.17, 15) is 9.59 Å². The minimum Gasteiger partial charge on any atom is -0.497 e. The third-order valence-corrected chi connectivity index (χ3v) is 5.74. The summed E-state index contributed by atoms with van der Waals surface area (Å²) < 4.78 is 12.3. The van der Waals surface area contributed by atoms with Crippen molar-refractivity contribution in [2.45, 2.75) is 5.16 Å². The number of amides is 2. The fraction of sp³-hybridized carbons (Fsp3) is 0.125. The van der Waals surface area contributed by atoms with Gasteiger partial charge >= 0.3 is 0 Å². The Kier molecular flexibility index (Phi) is 6.42. The number of aromatic nitrogens is 2. The molecular weight excluding hydrogens is 426 g/mol. The molecule has 2 amide bonds. The molecule has 0 aliphatic carbocycles. The van der Waals surface area contributed by atoms with Gasteiger partial charge in [-0.15, -0.1) is 0 Å². The molecule has 1 N–H and O–H groups in total. The lowest BCUT2D eigenvalue weighted by Crippen LogP contribution is -2.31. The van der Waals surface area contributed by atoms with Crippen molar-refractivity contribution in [2.75, 3.05) is 20.0 Å². The van der Waals surface area contributed by atoms with Crippen LogP contribution in [0.5, 0.6) is 11.5 Å². The van der Waals surface area contributed by atoms with Gasteiger partial charge in [0.25, 0.3) is 5.91 Å². The topological polar surface area (TPSA) is 82.5 Å². The number of thioether (sulfide) groups is 1. The summed E-state index contributed by atoms with van der Waals surface area (Å²) in [4.78, 5) is 29.5. The van der Waals surface area contributed by atoms with Crippen LogP contribution in [0, 0.1) is 0 Å². The van der Waals surface area contributed by atoms with Crippen molar-refractivity contribution in [1.82, 2.24) is 14.9 Å². The SMILES string of the molecule is COc1ccc(C(=O)NC(=O)CSc2nc3ccccc3n2-c2ccc(OC)cc2)cc1. The molecule has 0 atom stereocenters.